The van der Waals surface area contributed by atoms with E-state index in [9.17, 15) is 18.0 Å². The molecular weight excluding hydrogens is 570 g/mol. The van der Waals surface area contributed by atoms with Crippen LogP contribution in [0.4, 0.5) is 5.69 Å². The molecule has 0 unspecified atom stereocenters. The lowest BCUT2D eigenvalue weighted by molar-refractivity contribution is -0.139. The number of sulfonamides is 1. The molecule has 2 amide bonds. The van der Waals surface area contributed by atoms with Gasteiger partial charge >= 0.3 is 0 Å². The minimum absolute atomic E-state index is 0.0612. The topological polar surface area (TPSA) is 86.8 Å². The van der Waals surface area contributed by atoms with E-state index in [4.69, 9.17) is 11.6 Å². The first kappa shape index (κ1) is 31.6. The molecule has 3 aromatic rings. The van der Waals surface area contributed by atoms with Gasteiger partial charge in [-0.2, -0.15) is 0 Å². The van der Waals surface area contributed by atoms with E-state index in [1.54, 1.807) is 37.3 Å². The zero-order chi connectivity index (χ0) is 30.4. The van der Waals surface area contributed by atoms with Crippen LogP contribution in [0.2, 0.25) is 5.02 Å². The van der Waals surface area contributed by atoms with Gasteiger partial charge in [0, 0.05) is 17.6 Å². The highest BCUT2D eigenvalue weighted by atomic mass is 35.5. The number of benzene rings is 3. The van der Waals surface area contributed by atoms with E-state index in [1.807, 2.05) is 45.0 Å². The highest BCUT2D eigenvalue weighted by molar-refractivity contribution is 7.92. The predicted octanol–water partition coefficient (Wildman–Crippen LogP) is 6.33. The maximum Gasteiger partial charge on any atom is 0.264 e. The zero-order valence-electron chi connectivity index (χ0n) is 24.8. The molecule has 0 spiro atoms. The first-order valence-corrected chi connectivity index (χ1v) is 16.3. The van der Waals surface area contributed by atoms with Gasteiger partial charge in [-0.25, -0.2) is 8.42 Å². The third kappa shape index (κ3) is 7.53. The fraction of sp³-hybridized carbons (Fsp3) is 0.394. The van der Waals surface area contributed by atoms with Crippen molar-refractivity contribution in [2.24, 2.45) is 0 Å². The smallest absolute Gasteiger partial charge is 0.264 e. The van der Waals surface area contributed by atoms with Crippen molar-refractivity contribution >= 4 is 39.1 Å². The van der Waals surface area contributed by atoms with E-state index in [-0.39, 0.29) is 29.1 Å². The van der Waals surface area contributed by atoms with E-state index in [2.05, 4.69) is 5.32 Å². The largest absolute Gasteiger partial charge is 0.352 e. The van der Waals surface area contributed by atoms with Gasteiger partial charge in [0.05, 0.1) is 10.6 Å². The summed E-state index contributed by atoms with van der Waals surface area (Å²) in [6, 6.07) is 18.4. The van der Waals surface area contributed by atoms with Crippen LogP contribution < -0.4 is 9.62 Å². The third-order valence-corrected chi connectivity index (χ3v) is 10.2. The van der Waals surface area contributed by atoms with Crippen LogP contribution >= 0.6 is 11.6 Å². The van der Waals surface area contributed by atoms with Gasteiger partial charge in [-0.1, -0.05) is 78.9 Å². The van der Waals surface area contributed by atoms with Crippen molar-refractivity contribution in [1.82, 2.24) is 10.2 Å². The van der Waals surface area contributed by atoms with Crippen LogP contribution in [0.15, 0.2) is 71.6 Å². The normalized spacial score (nSPS) is 14.7. The van der Waals surface area contributed by atoms with Crippen molar-refractivity contribution in [1.29, 1.82) is 0 Å². The van der Waals surface area contributed by atoms with Gasteiger partial charge in [0.15, 0.2) is 0 Å². The number of aryl methyl sites for hydroxylation is 3. The summed E-state index contributed by atoms with van der Waals surface area (Å²) < 4.78 is 29.1. The summed E-state index contributed by atoms with van der Waals surface area (Å²) in [4.78, 5) is 29.2. The summed E-state index contributed by atoms with van der Waals surface area (Å²) >= 11 is 6.41. The number of hydrogen-bond donors (Lipinski definition) is 1. The Kier molecular flexibility index (Phi) is 10.3. The second-order valence-electron chi connectivity index (χ2n) is 11.2. The van der Waals surface area contributed by atoms with Crippen LogP contribution in [0.1, 0.15) is 61.3 Å². The van der Waals surface area contributed by atoms with Gasteiger partial charge in [-0.05, 0) is 81.5 Å². The lowest BCUT2D eigenvalue weighted by Gasteiger charge is -2.33. The molecule has 0 bridgehead atoms. The highest BCUT2D eigenvalue weighted by Crippen LogP contribution is 2.29. The molecule has 7 nitrogen and oxygen atoms in total. The summed E-state index contributed by atoms with van der Waals surface area (Å²) in [5, 5.41) is 3.52. The van der Waals surface area contributed by atoms with Crippen molar-refractivity contribution in [3.63, 3.8) is 0 Å². The molecule has 0 aliphatic heterocycles. The molecule has 0 aromatic heterocycles. The molecule has 1 fully saturated rings. The van der Waals surface area contributed by atoms with E-state index in [0.717, 1.165) is 58.7 Å². The molecular formula is C33H40ClN3O4S. The molecule has 9 heteroatoms. The number of rotatable bonds is 10. The maximum absolute atomic E-state index is 14.2. The van der Waals surface area contributed by atoms with Crippen molar-refractivity contribution in [3.05, 3.63) is 94.0 Å². The summed E-state index contributed by atoms with van der Waals surface area (Å²) in [7, 11) is -4.15. The van der Waals surface area contributed by atoms with E-state index in [1.165, 1.54) is 17.0 Å². The van der Waals surface area contributed by atoms with Gasteiger partial charge in [0.25, 0.3) is 10.0 Å². The maximum atomic E-state index is 14.2. The molecule has 1 N–H and O–H groups in total. The van der Waals surface area contributed by atoms with Crippen LogP contribution in [-0.4, -0.2) is 43.8 Å². The average molecular weight is 610 g/mol. The summed E-state index contributed by atoms with van der Waals surface area (Å²) in [6.07, 6.45) is 5.13. The minimum Gasteiger partial charge on any atom is -0.352 e. The molecule has 3 aromatic carbocycles. The fourth-order valence-electron chi connectivity index (χ4n) is 5.23. The van der Waals surface area contributed by atoms with Gasteiger partial charge in [-0.3, -0.25) is 13.9 Å². The number of amides is 2. The number of hydrogen-bond acceptors (Lipinski definition) is 4. The number of carbonyl (C=O) groups excluding carboxylic acids is 2. The molecule has 0 heterocycles. The standard InChI is InChI=1S/C33H40ClN3O4S/c1-23-14-18-30(19-15-23)42(40,41)37(29-17-16-25(3)31(34)20-29)22-32(38)36(21-27-11-9-8-10-24(27)2)26(4)33(39)35-28-12-6-5-7-13-28/h8-11,14-20,26,28H,5-7,12-13,21-22H2,1-4H3,(H,35,39)/t26-/m0/s1. The summed E-state index contributed by atoms with van der Waals surface area (Å²) in [5.41, 5.74) is 3.83. The Morgan fingerprint density at radius 3 is 2.24 bits per heavy atom. The summed E-state index contributed by atoms with van der Waals surface area (Å²) in [5.74, 6) is -0.730. The molecule has 1 aliphatic rings. The number of halogens is 1. The molecule has 0 radical (unpaired) electrons. The van der Waals surface area contributed by atoms with Crippen LogP contribution in [0, 0.1) is 20.8 Å². The SMILES string of the molecule is Cc1ccc(S(=O)(=O)N(CC(=O)N(Cc2ccccc2C)[C@@H](C)C(=O)NC2CCCCC2)c2ccc(C)c(Cl)c2)cc1. The third-order valence-electron chi connectivity index (χ3n) is 8.05. The number of nitrogens with zero attached hydrogens (tertiary/aromatic N) is 2. The minimum atomic E-state index is -4.15. The fourth-order valence-corrected chi connectivity index (χ4v) is 6.81. The van der Waals surface area contributed by atoms with E-state index >= 15 is 0 Å². The van der Waals surface area contributed by atoms with Crippen molar-refractivity contribution in [2.75, 3.05) is 10.8 Å². The molecule has 0 saturated heterocycles. The van der Waals surface area contributed by atoms with Crippen LogP contribution in [0.25, 0.3) is 0 Å². The van der Waals surface area contributed by atoms with Gasteiger partial charge in [0.1, 0.15) is 12.6 Å². The van der Waals surface area contributed by atoms with Crippen molar-refractivity contribution in [3.8, 4) is 0 Å². The second-order valence-corrected chi connectivity index (χ2v) is 13.5. The van der Waals surface area contributed by atoms with Gasteiger partial charge in [0.2, 0.25) is 11.8 Å². The van der Waals surface area contributed by atoms with Crippen LogP contribution in [-0.2, 0) is 26.2 Å². The lowest BCUT2D eigenvalue weighted by Crippen LogP contribution is -2.53. The van der Waals surface area contributed by atoms with Crippen molar-refractivity contribution in [2.45, 2.75) is 83.3 Å². The highest BCUT2D eigenvalue weighted by Gasteiger charge is 2.33. The molecule has 42 heavy (non-hydrogen) atoms. The Bertz CT molecular complexity index is 1520. The molecule has 1 saturated carbocycles. The van der Waals surface area contributed by atoms with Gasteiger partial charge in [-0.15, -0.1) is 0 Å². The number of carbonyl (C=O) groups is 2. The summed E-state index contributed by atoms with van der Waals surface area (Å²) in [6.45, 7) is 7.02. The first-order chi connectivity index (χ1) is 20.0. The van der Waals surface area contributed by atoms with E-state index in [0.29, 0.717) is 5.02 Å². The Morgan fingerprint density at radius 1 is 0.929 bits per heavy atom. The average Bonchev–Trinajstić information content (AvgIpc) is 2.97. The predicted molar refractivity (Wildman–Crippen MR) is 168 cm³/mol. The Balaban J connectivity index is 1.70. The van der Waals surface area contributed by atoms with Crippen LogP contribution in [0.3, 0.4) is 0 Å². The number of nitrogens with one attached hydrogen (secondary N) is 1. The monoisotopic (exact) mass is 609 g/mol. The van der Waals surface area contributed by atoms with Crippen molar-refractivity contribution < 1.29 is 18.0 Å². The lowest BCUT2D eigenvalue weighted by atomic mass is 9.95. The Morgan fingerprint density at radius 2 is 1.60 bits per heavy atom. The first-order valence-electron chi connectivity index (χ1n) is 14.5. The molecule has 1 aliphatic carbocycles. The quantitative estimate of drug-likeness (QED) is 0.291. The van der Waals surface area contributed by atoms with E-state index < -0.39 is 28.5 Å². The molecule has 224 valence electrons. The zero-order valence-corrected chi connectivity index (χ0v) is 26.3. The van der Waals surface area contributed by atoms with Crippen LogP contribution in [0.5, 0.6) is 0 Å². The molecule has 4 rings (SSSR count). The Hall–Kier alpha value is -3.36. The second kappa shape index (κ2) is 13.7. The molecule has 1 atom stereocenters. The number of anilines is 1. The van der Waals surface area contributed by atoms with Gasteiger partial charge < -0.3 is 10.2 Å². The Labute approximate surface area is 254 Å².